The van der Waals surface area contributed by atoms with Crippen molar-refractivity contribution in [1.82, 2.24) is 19.9 Å². The largest absolute Gasteiger partial charge is 0.393 e. The fourth-order valence-corrected chi connectivity index (χ4v) is 6.43. The van der Waals surface area contributed by atoms with Crippen molar-refractivity contribution in [3.8, 4) is 0 Å². The number of fused-ring (bicyclic) bond motifs is 1. The molecule has 0 amide bonds. The molecule has 2 aromatic rings. The van der Waals surface area contributed by atoms with Crippen LogP contribution in [0.4, 0.5) is 11.8 Å². The Kier molecular flexibility index (Phi) is 8.51. The number of methoxy groups -OCH3 is 1. The third-order valence-electron chi connectivity index (χ3n) is 7.63. The minimum absolute atomic E-state index is 0.182. The number of rotatable bonds is 6. The van der Waals surface area contributed by atoms with Crippen LogP contribution in [0.2, 0.25) is 0 Å². The van der Waals surface area contributed by atoms with Gasteiger partial charge in [0, 0.05) is 45.0 Å². The molecule has 0 bridgehead atoms. The summed E-state index contributed by atoms with van der Waals surface area (Å²) in [5, 5.41) is 15.5. The van der Waals surface area contributed by atoms with Crippen LogP contribution in [0, 0.1) is 0 Å². The summed E-state index contributed by atoms with van der Waals surface area (Å²) in [7, 11) is 1.80. The van der Waals surface area contributed by atoms with Crippen LogP contribution in [0.25, 0.3) is 0 Å². The molecule has 1 aliphatic carbocycles. The zero-order chi connectivity index (χ0) is 24.9. The molecule has 2 aliphatic heterocycles. The highest BCUT2D eigenvalue weighted by Gasteiger charge is 2.23. The molecule has 194 valence electrons. The number of aliphatic imine (C=N–C) groups is 1. The smallest absolute Gasteiger partial charge is 0.225 e. The number of thioether (sulfide) groups is 1. The first-order valence-corrected chi connectivity index (χ1v) is 14.2. The fraction of sp³-hybridized carbons (Fsp3) is 0.630. The number of aliphatic hydroxyl groups is 1. The van der Waals surface area contributed by atoms with Gasteiger partial charge in [-0.05, 0) is 68.9 Å². The second kappa shape index (κ2) is 12.0. The number of piperidine rings is 1. The van der Waals surface area contributed by atoms with E-state index in [2.05, 4.69) is 28.2 Å². The van der Waals surface area contributed by atoms with Crippen molar-refractivity contribution in [3.05, 3.63) is 35.7 Å². The van der Waals surface area contributed by atoms with E-state index in [-0.39, 0.29) is 12.1 Å². The summed E-state index contributed by atoms with van der Waals surface area (Å²) >= 11 is 1.67. The first kappa shape index (κ1) is 25.6. The lowest BCUT2D eigenvalue weighted by Crippen LogP contribution is -2.36. The van der Waals surface area contributed by atoms with Gasteiger partial charge in [0.2, 0.25) is 5.95 Å². The Labute approximate surface area is 218 Å². The molecule has 1 unspecified atom stereocenters. The number of hydrogen-bond acceptors (Lipinski definition) is 9. The predicted octanol–water partition coefficient (Wildman–Crippen LogP) is 4.92. The molecule has 2 aromatic heterocycles. The average molecular weight is 511 g/mol. The number of nitrogens with zero attached hydrogens (tertiary/aromatic N) is 5. The maximum Gasteiger partial charge on any atom is 0.225 e. The maximum absolute atomic E-state index is 9.90. The highest BCUT2D eigenvalue weighted by atomic mass is 32.2. The second-order valence-corrected chi connectivity index (χ2v) is 11.4. The van der Waals surface area contributed by atoms with Gasteiger partial charge >= 0.3 is 0 Å². The van der Waals surface area contributed by atoms with Gasteiger partial charge in [0.05, 0.1) is 22.9 Å². The molecule has 0 radical (unpaired) electrons. The summed E-state index contributed by atoms with van der Waals surface area (Å²) in [5.41, 5.74) is 2.29. The third-order valence-corrected chi connectivity index (χ3v) is 8.69. The Morgan fingerprint density at radius 1 is 1.14 bits per heavy atom. The van der Waals surface area contributed by atoms with Crippen LogP contribution < -0.4 is 5.32 Å². The number of aromatic nitrogens is 3. The number of ether oxygens (including phenoxy) is 1. The third kappa shape index (κ3) is 6.62. The molecule has 2 N–H and O–H groups in total. The van der Waals surface area contributed by atoms with E-state index in [1.54, 1.807) is 18.9 Å². The van der Waals surface area contributed by atoms with Crippen molar-refractivity contribution < 1.29 is 9.84 Å². The van der Waals surface area contributed by atoms with E-state index in [4.69, 9.17) is 19.7 Å². The molecule has 36 heavy (non-hydrogen) atoms. The van der Waals surface area contributed by atoms with Crippen LogP contribution >= 0.6 is 11.8 Å². The Bertz CT molecular complexity index is 1050. The molecule has 3 aliphatic rings. The molecule has 0 aromatic carbocycles. The molecular weight excluding hydrogens is 472 g/mol. The van der Waals surface area contributed by atoms with Crippen LogP contribution in [0.1, 0.15) is 75.5 Å². The summed E-state index contributed by atoms with van der Waals surface area (Å²) in [6.45, 7) is 5.06. The van der Waals surface area contributed by atoms with Gasteiger partial charge in [-0.1, -0.05) is 24.8 Å². The van der Waals surface area contributed by atoms with Crippen molar-refractivity contribution in [2.45, 2.75) is 94.0 Å². The Morgan fingerprint density at radius 2 is 1.94 bits per heavy atom. The van der Waals surface area contributed by atoms with Gasteiger partial charge in [-0.2, -0.15) is 4.98 Å². The van der Waals surface area contributed by atoms with Gasteiger partial charge in [0.25, 0.3) is 0 Å². The van der Waals surface area contributed by atoms with Crippen LogP contribution in [-0.4, -0.2) is 68.5 Å². The highest BCUT2D eigenvalue weighted by molar-refractivity contribution is 8.14. The monoisotopic (exact) mass is 510 g/mol. The summed E-state index contributed by atoms with van der Waals surface area (Å²) in [6, 6.07) is 6.53. The quantitative estimate of drug-likeness (QED) is 0.566. The van der Waals surface area contributed by atoms with Crippen molar-refractivity contribution >= 4 is 28.6 Å². The molecule has 1 saturated carbocycles. The van der Waals surface area contributed by atoms with Crippen LogP contribution in [0.5, 0.6) is 0 Å². The van der Waals surface area contributed by atoms with Crippen molar-refractivity contribution in [3.63, 3.8) is 0 Å². The van der Waals surface area contributed by atoms with E-state index in [1.807, 2.05) is 18.3 Å². The number of aliphatic hydroxyl groups excluding tert-OH is 1. The molecule has 0 spiro atoms. The zero-order valence-electron chi connectivity index (χ0n) is 21.4. The Hall–Kier alpha value is -2.07. The van der Waals surface area contributed by atoms with Crippen molar-refractivity contribution in [1.29, 1.82) is 0 Å². The van der Waals surface area contributed by atoms with E-state index >= 15 is 0 Å². The summed E-state index contributed by atoms with van der Waals surface area (Å²) in [4.78, 5) is 21.8. The van der Waals surface area contributed by atoms with Gasteiger partial charge in [-0.15, -0.1) is 0 Å². The van der Waals surface area contributed by atoms with E-state index in [0.29, 0.717) is 23.8 Å². The molecule has 4 heterocycles. The lowest BCUT2D eigenvalue weighted by atomic mass is 9.93. The molecule has 9 heteroatoms. The summed E-state index contributed by atoms with van der Waals surface area (Å²) < 4.78 is 5.54. The van der Waals surface area contributed by atoms with Crippen LogP contribution in [0.15, 0.2) is 34.4 Å². The molecule has 2 fully saturated rings. The number of anilines is 1. The SMILES string of the molecule is COC1CCN(Cc2cc(N=C3CCC(C)c4cccnc4S3)nc(NC3CCC(O)CC3)n2)CC1. The lowest BCUT2D eigenvalue weighted by Gasteiger charge is -2.31. The maximum atomic E-state index is 9.90. The van der Waals surface area contributed by atoms with Gasteiger partial charge in [0.15, 0.2) is 5.82 Å². The molecular formula is C27H38N6O2S. The zero-order valence-corrected chi connectivity index (χ0v) is 22.2. The number of likely N-dealkylation sites (tertiary alicyclic amines) is 1. The second-order valence-electron chi connectivity index (χ2n) is 10.3. The van der Waals surface area contributed by atoms with Gasteiger partial charge in [-0.3, -0.25) is 4.90 Å². The Morgan fingerprint density at radius 3 is 2.72 bits per heavy atom. The topological polar surface area (TPSA) is 95.8 Å². The minimum Gasteiger partial charge on any atom is -0.393 e. The summed E-state index contributed by atoms with van der Waals surface area (Å²) in [5.74, 6) is 1.81. The van der Waals surface area contributed by atoms with Crippen molar-refractivity contribution in [2.75, 3.05) is 25.5 Å². The Balaban J connectivity index is 1.37. The van der Waals surface area contributed by atoms with Gasteiger partial charge in [-0.25, -0.2) is 15.0 Å². The minimum atomic E-state index is -0.182. The van der Waals surface area contributed by atoms with E-state index < -0.39 is 0 Å². The van der Waals surface area contributed by atoms with E-state index in [9.17, 15) is 5.11 Å². The number of pyridine rings is 1. The van der Waals surface area contributed by atoms with E-state index in [1.165, 1.54) is 5.56 Å². The number of nitrogens with one attached hydrogen (secondary N) is 1. The standard InChI is InChI=1S/C27H38N6O2S/c1-18-5-10-25(36-26-23(18)4-3-13-28-26)31-24-16-20(17-33-14-11-22(35-2)12-15-33)30-27(32-24)29-19-6-8-21(34)9-7-19/h3-4,13,16,18-19,21-22,34H,5-12,14-15,17H2,1-2H3,(H,29,30,32). The van der Waals surface area contributed by atoms with Crippen LogP contribution in [0.3, 0.4) is 0 Å². The highest BCUT2D eigenvalue weighted by Crippen LogP contribution is 2.36. The first-order chi connectivity index (χ1) is 17.6. The van der Waals surface area contributed by atoms with Crippen molar-refractivity contribution in [2.24, 2.45) is 4.99 Å². The van der Waals surface area contributed by atoms with Crippen LogP contribution in [-0.2, 0) is 11.3 Å². The van der Waals surface area contributed by atoms with Gasteiger partial charge in [0.1, 0.15) is 5.03 Å². The molecule has 8 nitrogen and oxygen atoms in total. The molecule has 1 saturated heterocycles. The normalized spacial score (nSPS) is 27.0. The first-order valence-electron chi connectivity index (χ1n) is 13.3. The van der Waals surface area contributed by atoms with Gasteiger partial charge < -0.3 is 15.2 Å². The average Bonchev–Trinajstić information content (AvgIpc) is 3.04. The molecule has 5 rings (SSSR count). The fourth-order valence-electron chi connectivity index (χ4n) is 5.35. The summed E-state index contributed by atoms with van der Waals surface area (Å²) in [6.07, 6.45) is 9.60. The molecule has 1 atom stereocenters. The lowest BCUT2D eigenvalue weighted by molar-refractivity contribution is 0.0385. The predicted molar refractivity (Wildman–Crippen MR) is 144 cm³/mol. The number of hydrogen-bond donors (Lipinski definition) is 2. The van der Waals surface area contributed by atoms with E-state index in [0.717, 1.165) is 86.8 Å².